The number of rotatable bonds is 5. The minimum Gasteiger partial charge on any atom is -0.242 e. The lowest BCUT2D eigenvalue weighted by Crippen LogP contribution is -2.30. The molecule has 1 aromatic heterocycles. The number of nitrogens with zero attached hydrogens (tertiary/aromatic N) is 2. The van der Waals surface area contributed by atoms with Gasteiger partial charge in [0.15, 0.2) is 0 Å². The fraction of sp³-hybridized carbons (Fsp3) is 0.167. The Kier molecular flexibility index (Phi) is 5.29. The Morgan fingerprint density at radius 1 is 1.04 bits per heavy atom. The van der Waals surface area contributed by atoms with E-state index in [1.165, 1.54) is 16.6 Å². The lowest BCUT2D eigenvalue weighted by atomic mass is 10.2. The second-order valence-corrected chi connectivity index (χ2v) is 8.22. The zero-order valence-electron chi connectivity index (χ0n) is 13.5. The molecule has 0 aliphatic heterocycles. The average Bonchev–Trinajstić information content (AvgIpc) is 2.63. The first-order chi connectivity index (χ1) is 11.9. The number of sulfonamides is 1. The quantitative estimate of drug-likeness (QED) is 0.586. The predicted molar refractivity (Wildman–Crippen MR) is 101 cm³/mol. The van der Waals surface area contributed by atoms with Crippen molar-refractivity contribution in [2.45, 2.75) is 18.4 Å². The van der Waals surface area contributed by atoms with Gasteiger partial charge in [-0.15, -0.1) is 0 Å². The Labute approximate surface area is 157 Å². The minimum absolute atomic E-state index is 0.170. The molecule has 0 spiro atoms. The van der Waals surface area contributed by atoms with Crippen molar-refractivity contribution in [3.05, 3.63) is 70.5 Å². The van der Waals surface area contributed by atoms with Crippen molar-refractivity contribution in [3.8, 4) is 0 Å². The van der Waals surface area contributed by atoms with Gasteiger partial charge in [-0.3, -0.25) is 0 Å². The highest BCUT2D eigenvalue weighted by molar-refractivity contribution is 7.89. The summed E-state index contributed by atoms with van der Waals surface area (Å²) in [6.45, 7) is 2.48. The maximum absolute atomic E-state index is 13.0. The van der Waals surface area contributed by atoms with Crippen LogP contribution < -0.4 is 0 Å². The Bertz CT molecular complexity index is 1010. The van der Waals surface area contributed by atoms with E-state index in [-0.39, 0.29) is 10.0 Å². The van der Waals surface area contributed by atoms with Crippen molar-refractivity contribution >= 4 is 44.0 Å². The monoisotopic (exact) mass is 394 g/mol. The number of aromatic nitrogens is 1. The zero-order chi connectivity index (χ0) is 18.0. The Morgan fingerprint density at radius 3 is 2.44 bits per heavy atom. The van der Waals surface area contributed by atoms with E-state index in [2.05, 4.69) is 4.98 Å². The first-order valence-electron chi connectivity index (χ1n) is 7.71. The third-order valence-electron chi connectivity index (χ3n) is 3.95. The van der Waals surface area contributed by atoms with E-state index in [0.29, 0.717) is 28.9 Å². The van der Waals surface area contributed by atoms with Crippen molar-refractivity contribution in [1.29, 1.82) is 0 Å². The van der Waals surface area contributed by atoms with Gasteiger partial charge >= 0.3 is 0 Å². The Morgan fingerprint density at radius 2 is 1.76 bits per heavy atom. The summed E-state index contributed by atoms with van der Waals surface area (Å²) in [5.74, 6) is 0. The summed E-state index contributed by atoms with van der Waals surface area (Å²) >= 11 is 12.2. The number of hydrogen-bond acceptors (Lipinski definition) is 3. The molecule has 7 heteroatoms. The fourth-order valence-corrected chi connectivity index (χ4v) is 4.50. The van der Waals surface area contributed by atoms with Gasteiger partial charge in [0, 0.05) is 30.1 Å². The maximum Gasteiger partial charge on any atom is 0.243 e. The Hall–Kier alpha value is -1.66. The molecular formula is C18H16Cl2N2O2S. The van der Waals surface area contributed by atoms with Crippen molar-refractivity contribution < 1.29 is 8.42 Å². The molecule has 0 unspecified atom stereocenters. The van der Waals surface area contributed by atoms with E-state index in [9.17, 15) is 8.42 Å². The van der Waals surface area contributed by atoms with Gasteiger partial charge in [-0.25, -0.2) is 13.4 Å². The van der Waals surface area contributed by atoms with Crippen LogP contribution in [0.15, 0.2) is 59.6 Å². The van der Waals surface area contributed by atoms with Crippen molar-refractivity contribution in [2.75, 3.05) is 6.54 Å². The van der Waals surface area contributed by atoms with E-state index in [1.807, 2.05) is 37.3 Å². The molecule has 1 heterocycles. The summed E-state index contributed by atoms with van der Waals surface area (Å²) in [5.41, 5.74) is 0.927. The molecule has 0 amide bonds. The SMILES string of the molecule is CCN(Cc1ccccc1)S(=O)(=O)c1ccc2c(Cl)cnc(Cl)c2c1. The summed E-state index contributed by atoms with van der Waals surface area (Å²) < 4.78 is 27.5. The summed E-state index contributed by atoms with van der Waals surface area (Å²) in [4.78, 5) is 4.16. The average molecular weight is 395 g/mol. The second kappa shape index (κ2) is 7.30. The molecule has 4 nitrogen and oxygen atoms in total. The third kappa shape index (κ3) is 3.65. The van der Waals surface area contributed by atoms with Crippen LogP contribution in [-0.2, 0) is 16.6 Å². The molecule has 0 radical (unpaired) electrons. The van der Waals surface area contributed by atoms with Crippen LogP contribution in [0.2, 0.25) is 10.2 Å². The number of benzene rings is 2. The molecular weight excluding hydrogens is 379 g/mol. The Balaban J connectivity index is 2.03. The molecule has 130 valence electrons. The highest BCUT2D eigenvalue weighted by atomic mass is 35.5. The molecule has 0 atom stereocenters. The van der Waals surface area contributed by atoms with Crippen molar-refractivity contribution in [1.82, 2.24) is 9.29 Å². The molecule has 0 N–H and O–H groups in total. The first kappa shape index (κ1) is 18.1. The van der Waals surface area contributed by atoms with Crippen molar-refractivity contribution in [3.63, 3.8) is 0 Å². The van der Waals surface area contributed by atoms with Gasteiger partial charge in [0.2, 0.25) is 10.0 Å². The lowest BCUT2D eigenvalue weighted by Gasteiger charge is -2.21. The largest absolute Gasteiger partial charge is 0.243 e. The second-order valence-electron chi connectivity index (χ2n) is 5.52. The van der Waals surface area contributed by atoms with Gasteiger partial charge in [0.05, 0.1) is 9.92 Å². The molecule has 2 aromatic carbocycles. The van der Waals surface area contributed by atoms with Crippen LogP contribution in [0.4, 0.5) is 0 Å². The number of fused-ring (bicyclic) bond motifs is 1. The topological polar surface area (TPSA) is 50.3 Å². The van der Waals surface area contributed by atoms with Crippen LogP contribution in [0.25, 0.3) is 10.8 Å². The molecule has 0 saturated carbocycles. The standard InChI is InChI=1S/C18H16Cl2N2O2S/c1-2-22(12-13-6-4-3-5-7-13)25(23,24)14-8-9-15-16(10-14)18(20)21-11-17(15)19/h3-11H,2,12H2,1H3. The van der Waals surface area contributed by atoms with Crippen LogP contribution in [0.5, 0.6) is 0 Å². The highest BCUT2D eigenvalue weighted by Gasteiger charge is 2.24. The summed E-state index contributed by atoms with van der Waals surface area (Å²) in [6.07, 6.45) is 1.45. The van der Waals surface area contributed by atoms with Crippen LogP contribution in [0, 0.1) is 0 Å². The molecule has 3 rings (SSSR count). The normalized spacial score (nSPS) is 12.0. The fourth-order valence-electron chi connectivity index (χ4n) is 2.62. The minimum atomic E-state index is -3.67. The smallest absolute Gasteiger partial charge is 0.242 e. The third-order valence-corrected chi connectivity index (χ3v) is 6.47. The molecule has 0 bridgehead atoms. The van der Waals surface area contributed by atoms with Gasteiger partial charge < -0.3 is 0 Å². The summed E-state index contributed by atoms with van der Waals surface area (Å²) in [6, 6.07) is 14.2. The molecule has 0 aliphatic rings. The molecule has 0 aliphatic carbocycles. The van der Waals surface area contributed by atoms with Crippen LogP contribution >= 0.6 is 23.2 Å². The van der Waals surface area contributed by atoms with E-state index in [4.69, 9.17) is 23.2 Å². The zero-order valence-corrected chi connectivity index (χ0v) is 15.8. The van der Waals surface area contributed by atoms with Gasteiger partial charge in [-0.05, 0) is 17.7 Å². The molecule has 3 aromatic rings. The molecule has 25 heavy (non-hydrogen) atoms. The van der Waals surface area contributed by atoms with E-state index in [1.54, 1.807) is 12.1 Å². The maximum atomic E-state index is 13.0. The van der Waals surface area contributed by atoms with Crippen LogP contribution in [0.3, 0.4) is 0 Å². The van der Waals surface area contributed by atoms with Gasteiger partial charge in [0.25, 0.3) is 0 Å². The van der Waals surface area contributed by atoms with Crippen LogP contribution in [-0.4, -0.2) is 24.3 Å². The van der Waals surface area contributed by atoms with Crippen LogP contribution in [0.1, 0.15) is 12.5 Å². The lowest BCUT2D eigenvalue weighted by molar-refractivity contribution is 0.423. The highest BCUT2D eigenvalue weighted by Crippen LogP contribution is 2.30. The van der Waals surface area contributed by atoms with E-state index in [0.717, 1.165) is 5.56 Å². The molecule has 0 saturated heterocycles. The van der Waals surface area contributed by atoms with E-state index >= 15 is 0 Å². The summed E-state index contributed by atoms with van der Waals surface area (Å²) in [7, 11) is -3.67. The van der Waals surface area contributed by atoms with Gasteiger partial charge in [-0.2, -0.15) is 4.31 Å². The van der Waals surface area contributed by atoms with E-state index < -0.39 is 10.0 Å². The number of hydrogen-bond donors (Lipinski definition) is 0. The number of halogens is 2. The first-order valence-corrected chi connectivity index (χ1v) is 9.91. The van der Waals surface area contributed by atoms with Crippen molar-refractivity contribution in [2.24, 2.45) is 0 Å². The number of pyridine rings is 1. The summed E-state index contributed by atoms with van der Waals surface area (Å²) in [5, 5.41) is 1.85. The molecule has 0 fully saturated rings. The predicted octanol–water partition coefficient (Wildman–Crippen LogP) is 4.75. The van der Waals surface area contributed by atoms with Gasteiger partial charge in [-0.1, -0.05) is 66.5 Å². The van der Waals surface area contributed by atoms with Gasteiger partial charge in [0.1, 0.15) is 5.15 Å².